The molecule has 1 saturated carbocycles. The Bertz CT molecular complexity index is 1100. The number of nitrogens with one attached hydrogen (secondary N) is 2. The number of amides is 2. The molecule has 4 N–H and O–H groups in total. The fourth-order valence-corrected chi connectivity index (χ4v) is 4.90. The number of urea groups is 1. The number of nitrogens with zero attached hydrogens (tertiary/aromatic N) is 4. The van der Waals surface area contributed by atoms with E-state index in [9.17, 15) is 14.0 Å². The SMILES string of the molecule is NC12CC1CCN(CCc1ccc(-n3ccc(NC(=O)N4CCNCC4)nc3=O)cc1F)C2. The van der Waals surface area contributed by atoms with Crippen LogP contribution in [0.15, 0.2) is 35.3 Å². The summed E-state index contributed by atoms with van der Waals surface area (Å²) in [5, 5.41) is 5.83. The third-order valence-corrected chi connectivity index (χ3v) is 7.05. The van der Waals surface area contributed by atoms with E-state index in [0.29, 0.717) is 36.7 Å². The second-order valence-electron chi connectivity index (χ2n) is 9.36. The first-order chi connectivity index (χ1) is 15.9. The van der Waals surface area contributed by atoms with Gasteiger partial charge >= 0.3 is 11.7 Å². The van der Waals surface area contributed by atoms with Crippen molar-refractivity contribution in [2.45, 2.75) is 24.8 Å². The lowest BCUT2D eigenvalue weighted by atomic mass is 10.1. The molecule has 2 unspecified atom stereocenters. The molecule has 0 radical (unpaired) electrons. The van der Waals surface area contributed by atoms with Gasteiger partial charge in [0.25, 0.3) is 0 Å². The van der Waals surface area contributed by atoms with Gasteiger partial charge in [0.2, 0.25) is 0 Å². The normalized spacial score (nSPS) is 24.9. The Morgan fingerprint density at radius 3 is 2.82 bits per heavy atom. The summed E-state index contributed by atoms with van der Waals surface area (Å²) >= 11 is 0. The number of piperidine rings is 1. The van der Waals surface area contributed by atoms with E-state index in [4.69, 9.17) is 5.73 Å². The van der Waals surface area contributed by atoms with E-state index < -0.39 is 5.69 Å². The Hall–Kier alpha value is -2.82. The van der Waals surface area contributed by atoms with Crippen molar-refractivity contribution in [1.82, 2.24) is 24.7 Å². The van der Waals surface area contributed by atoms with E-state index in [2.05, 4.69) is 20.5 Å². The number of carbonyl (C=O) groups is 1. The predicted molar refractivity (Wildman–Crippen MR) is 123 cm³/mol. The molecule has 2 amide bonds. The highest BCUT2D eigenvalue weighted by molar-refractivity contribution is 5.88. The zero-order valence-corrected chi connectivity index (χ0v) is 18.6. The Morgan fingerprint density at radius 2 is 2.09 bits per heavy atom. The first-order valence-electron chi connectivity index (χ1n) is 11.6. The summed E-state index contributed by atoms with van der Waals surface area (Å²) in [6.07, 6.45) is 4.32. The van der Waals surface area contributed by atoms with E-state index in [1.807, 2.05) is 0 Å². The number of aromatic nitrogens is 2. The molecule has 5 rings (SSSR count). The van der Waals surface area contributed by atoms with Crippen LogP contribution in [0.5, 0.6) is 0 Å². The smallest absolute Gasteiger partial charge is 0.324 e. The predicted octanol–water partition coefficient (Wildman–Crippen LogP) is 0.774. The van der Waals surface area contributed by atoms with Gasteiger partial charge in [-0.25, -0.2) is 14.0 Å². The molecule has 1 aliphatic carbocycles. The van der Waals surface area contributed by atoms with Crippen molar-refractivity contribution in [2.75, 3.05) is 51.1 Å². The molecule has 1 aromatic heterocycles. The maximum absolute atomic E-state index is 14.8. The molecule has 0 bridgehead atoms. The van der Waals surface area contributed by atoms with E-state index in [1.54, 1.807) is 17.0 Å². The summed E-state index contributed by atoms with van der Waals surface area (Å²) in [6, 6.07) is 6.05. The van der Waals surface area contributed by atoms with Crippen LogP contribution in [0.2, 0.25) is 0 Å². The standard InChI is InChI=1S/C23H30FN7O2/c24-19-13-18(2-1-16(19)3-8-29-9-4-17-14-23(17,25)15-29)31-10-5-20(28-22(31)33)27-21(32)30-11-6-26-7-12-30/h1-2,5,10,13,17,26H,3-4,6-9,11-12,14-15,25H2,(H,27,28,32,33). The molecule has 3 fully saturated rings. The van der Waals surface area contributed by atoms with Gasteiger partial charge in [0, 0.05) is 51.0 Å². The van der Waals surface area contributed by atoms with Crippen molar-refractivity contribution < 1.29 is 9.18 Å². The van der Waals surface area contributed by atoms with Gasteiger partial charge in [-0.3, -0.25) is 9.88 Å². The first-order valence-corrected chi connectivity index (χ1v) is 11.6. The van der Waals surface area contributed by atoms with Gasteiger partial charge in [0.1, 0.15) is 11.6 Å². The number of fused-ring (bicyclic) bond motifs is 1. The van der Waals surface area contributed by atoms with E-state index >= 15 is 0 Å². The number of anilines is 1. The van der Waals surface area contributed by atoms with Gasteiger partial charge in [-0.2, -0.15) is 4.98 Å². The molecule has 10 heteroatoms. The third-order valence-electron chi connectivity index (χ3n) is 7.05. The number of rotatable bonds is 5. The number of nitrogens with two attached hydrogens (primary N) is 1. The fraction of sp³-hybridized carbons (Fsp3) is 0.522. The molecule has 2 atom stereocenters. The topological polar surface area (TPSA) is 109 Å². The number of halogens is 1. The Balaban J connectivity index is 1.22. The minimum atomic E-state index is -0.583. The van der Waals surface area contributed by atoms with Gasteiger partial charge in [-0.15, -0.1) is 0 Å². The number of piperazine rings is 1. The molecule has 2 aliphatic heterocycles. The number of carbonyl (C=O) groups excluding carboxylic acids is 1. The summed E-state index contributed by atoms with van der Waals surface area (Å²) in [5.41, 5.74) is 6.74. The van der Waals surface area contributed by atoms with Crippen LogP contribution in [0.4, 0.5) is 15.0 Å². The average Bonchev–Trinajstić information content (AvgIpc) is 3.49. The Kier molecular flexibility index (Phi) is 5.90. The number of hydrogen-bond donors (Lipinski definition) is 3. The second kappa shape index (κ2) is 8.85. The van der Waals surface area contributed by atoms with Crippen LogP contribution in [0, 0.1) is 11.7 Å². The number of likely N-dealkylation sites (tertiary alicyclic amines) is 1. The molecule has 0 spiro atoms. The number of hydrogen-bond acceptors (Lipinski definition) is 6. The van der Waals surface area contributed by atoms with Crippen LogP contribution in [0.25, 0.3) is 5.69 Å². The van der Waals surface area contributed by atoms with E-state index in [-0.39, 0.29) is 23.2 Å². The van der Waals surface area contributed by atoms with Gasteiger partial charge in [0.15, 0.2) is 0 Å². The minimum absolute atomic E-state index is 0.0224. The minimum Gasteiger partial charge on any atom is -0.324 e. The number of benzene rings is 1. The van der Waals surface area contributed by atoms with Crippen molar-refractivity contribution in [2.24, 2.45) is 11.7 Å². The molecule has 176 valence electrons. The van der Waals surface area contributed by atoms with Crippen molar-refractivity contribution in [3.05, 3.63) is 52.3 Å². The Morgan fingerprint density at radius 1 is 1.27 bits per heavy atom. The molecule has 33 heavy (non-hydrogen) atoms. The lowest BCUT2D eigenvalue weighted by molar-refractivity contribution is 0.203. The van der Waals surface area contributed by atoms with Gasteiger partial charge < -0.3 is 20.9 Å². The molecule has 3 aliphatic rings. The van der Waals surface area contributed by atoms with Crippen LogP contribution in [-0.2, 0) is 6.42 Å². The van der Waals surface area contributed by atoms with Gasteiger partial charge in [-0.1, -0.05) is 6.07 Å². The van der Waals surface area contributed by atoms with Crippen molar-refractivity contribution >= 4 is 11.8 Å². The van der Waals surface area contributed by atoms with Crippen LogP contribution >= 0.6 is 0 Å². The lowest BCUT2D eigenvalue weighted by Crippen LogP contribution is -2.48. The Labute approximate surface area is 191 Å². The largest absolute Gasteiger partial charge is 0.354 e. The molecular formula is C23H30FN7O2. The maximum Gasteiger partial charge on any atom is 0.354 e. The van der Waals surface area contributed by atoms with E-state index in [0.717, 1.165) is 45.6 Å². The van der Waals surface area contributed by atoms with Gasteiger partial charge in [-0.05, 0) is 55.5 Å². The van der Waals surface area contributed by atoms with Crippen LogP contribution in [0.3, 0.4) is 0 Å². The molecular weight excluding hydrogens is 425 g/mol. The average molecular weight is 456 g/mol. The zero-order valence-electron chi connectivity index (χ0n) is 18.6. The highest BCUT2D eigenvalue weighted by Gasteiger charge is 2.53. The maximum atomic E-state index is 14.8. The van der Waals surface area contributed by atoms with Crippen LogP contribution in [-0.4, -0.2) is 76.7 Å². The van der Waals surface area contributed by atoms with E-state index in [1.165, 1.54) is 22.9 Å². The van der Waals surface area contributed by atoms with Crippen LogP contribution < -0.4 is 22.1 Å². The molecule has 1 aromatic carbocycles. The van der Waals surface area contributed by atoms with Crippen LogP contribution in [0.1, 0.15) is 18.4 Å². The van der Waals surface area contributed by atoms with Crippen molar-refractivity contribution in [3.63, 3.8) is 0 Å². The van der Waals surface area contributed by atoms with Crippen molar-refractivity contribution in [3.8, 4) is 5.69 Å². The monoisotopic (exact) mass is 455 g/mol. The van der Waals surface area contributed by atoms with Crippen molar-refractivity contribution in [1.29, 1.82) is 0 Å². The second-order valence-corrected chi connectivity index (χ2v) is 9.36. The summed E-state index contributed by atoms with van der Waals surface area (Å²) in [5.74, 6) is 0.492. The molecule has 2 aromatic rings. The molecule has 2 saturated heterocycles. The summed E-state index contributed by atoms with van der Waals surface area (Å²) in [6.45, 7) is 5.33. The highest BCUT2D eigenvalue weighted by atomic mass is 19.1. The summed E-state index contributed by atoms with van der Waals surface area (Å²) in [4.78, 5) is 32.8. The first kappa shape index (κ1) is 22.0. The molecule has 9 nitrogen and oxygen atoms in total. The van der Waals surface area contributed by atoms with Gasteiger partial charge in [0.05, 0.1) is 5.69 Å². The summed E-state index contributed by atoms with van der Waals surface area (Å²) in [7, 11) is 0. The third kappa shape index (κ3) is 4.78. The lowest BCUT2D eigenvalue weighted by Gasteiger charge is -2.30. The fourth-order valence-electron chi connectivity index (χ4n) is 4.90. The quantitative estimate of drug-likeness (QED) is 0.615. The highest BCUT2D eigenvalue weighted by Crippen LogP contribution is 2.46. The zero-order chi connectivity index (χ0) is 23.0. The summed E-state index contributed by atoms with van der Waals surface area (Å²) < 4.78 is 16.1. The molecule has 3 heterocycles.